The van der Waals surface area contributed by atoms with Crippen LogP contribution in [0.25, 0.3) is 16.8 Å². The van der Waals surface area contributed by atoms with Gasteiger partial charge in [-0.05, 0) is 75.3 Å². The Bertz CT molecular complexity index is 1860. The van der Waals surface area contributed by atoms with Crippen LogP contribution in [0.15, 0.2) is 48.9 Å². The Morgan fingerprint density at radius 2 is 1.86 bits per heavy atom. The van der Waals surface area contributed by atoms with E-state index in [-0.39, 0.29) is 34.1 Å². The van der Waals surface area contributed by atoms with Gasteiger partial charge in [0.1, 0.15) is 34.4 Å². The first-order valence-electron chi connectivity index (χ1n) is 13.9. The third-order valence-corrected chi connectivity index (χ3v) is 8.56. The summed E-state index contributed by atoms with van der Waals surface area (Å²) >= 11 is 0. The maximum absolute atomic E-state index is 13.1. The molecule has 0 radical (unpaired) electrons. The molecule has 6 rings (SSSR count). The summed E-state index contributed by atoms with van der Waals surface area (Å²) in [6.45, 7) is 1.63. The average Bonchev–Trinajstić information content (AvgIpc) is 3.68. The Morgan fingerprint density at radius 1 is 1.09 bits per heavy atom. The number of carbonyl (C=O) groups excluding carboxylic acids is 2. The van der Waals surface area contributed by atoms with Gasteiger partial charge in [0.15, 0.2) is 0 Å². The number of alkyl halides is 3. The van der Waals surface area contributed by atoms with Crippen molar-refractivity contribution >= 4 is 29.0 Å². The van der Waals surface area contributed by atoms with Crippen molar-refractivity contribution in [2.45, 2.75) is 56.2 Å². The number of halogens is 3. The molecule has 226 valence electrons. The summed E-state index contributed by atoms with van der Waals surface area (Å²) in [4.78, 5) is 38.6. The molecule has 13 heteroatoms. The van der Waals surface area contributed by atoms with Crippen LogP contribution in [0.3, 0.4) is 0 Å². The lowest BCUT2D eigenvalue weighted by Gasteiger charge is -2.27. The minimum Gasteiger partial charge on any atom is -0.496 e. The summed E-state index contributed by atoms with van der Waals surface area (Å²) in [7, 11) is 1.44. The number of fused-ring (bicyclic) bond motifs is 3. The summed E-state index contributed by atoms with van der Waals surface area (Å²) in [5.41, 5.74) is 6.57. The Balaban J connectivity index is 1.35. The van der Waals surface area contributed by atoms with Crippen LogP contribution < -0.4 is 21.1 Å². The molecule has 0 aliphatic heterocycles. The van der Waals surface area contributed by atoms with Gasteiger partial charge >= 0.3 is 6.18 Å². The number of aromatic nitrogens is 4. The van der Waals surface area contributed by atoms with Crippen LogP contribution in [-0.2, 0) is 16.4 Å². The number of nitrogens with zero attached hydrogens (tertiary/aromatic N) is 4. The standard InChI is InChI=1S/C31H28F3N7O3/c1-3-4-23(42)40-30-10-8-29(17-30,9-11-30)28-39-24(25-26(35)37-13-14-41(25)28)20-6-5-18(15-21(20)44-2)27(43)38-22-16-19(7-12-36-22)31(32,33)34/h5-7,12-16H,8-11,17H2,1-2H3,(H2,35,37)(H,40,42)(H,36,38,43). The van der Waals surface area contributed by atoms with Gasteiger partial charge in [0.2, 0.25) is 0 Å². The van der Waals surface area contributed by atoms with E-state index >= 15 is 0 Å². The van der Waals surface area contributed by atoms with Crippen molar-refractivity contribution in [2.75, 3.05) is 18.2 Å². The van der Waals surface area contributed by atoms with Crippen molar-refractivity contribution in [2.24, 2.45) is 0 Å². The molecule has 44 heavy (non-hydrogen) atoms. The van der Waals surface area contributed by atoms with Gasteiger partial charge in [-0.3, -0.25) is 14.0 Å². The van der Waals surface area contributed by atoms with E-state index in [1.54, 1.807) is 19.2 Å². The fourth-order valence-corrected chi connectivity index (χ4v) is 6.58. The Kier molecular flexibility index (Phi) is 6.95. The van der Waals surface area contributed by atoms with Crippen molar-refractivity contribution in [1.29, 1.82) is 0 Å². The second kappa shape index (κ2) is 10.6. The van der Waals surface area contributed by atoms with Crippen LogP contribution in [0, 0.1) is 11.8 Å². The van der Waals surface area contributed by atoms with Crippen LogP contribution in [0.5, 0.6) is 5.75 Å². The van der Waals surface area contributed by atoms with Crippen molar-refractivity contribution < 1.29 is 27.5 Å². The zero-order valence-electron chi connectivity index (χ0n) is 23.9. The van der Waals surface area contributed by atoms with Gasteiger partial charge in [0, 0.05) is 40.7 Å². The van der Waals surface area contributed by atoms with Crippen LogP contribution >= 0.6 is 0 Å². The van der Waals surface area contributed by atoms with Gasteiger partial charge in [-0.15, -0.1) is 0 Å². The average molecular weight is 604 g/mol. The minimum atomic E-state index is -4.58. The number of nitrogen functional groups attached to an aromatic ring is 1. The number of rotatable bonds is 6. The lowest BCUT2D eigenvalue weighted by Crippen LogP contribution is -2.44. The molecule has 0 unspecified atom stereocenters. The number of pyridine rings is 1. The van der Waals surface area contributed by atoms with Gasteiger partial charge in [-0.25, -0.2) is 15.0 Å². The number of ether oxygens (including phenoxy) is 1. The molecular formula is C31H28F3N7O3. The molecule has 3 heterocycles. The highest BCUT2D eigenvalue weighted by molar-refractivity contribution is 6.04. The quantitative estimate of drug-likeness (QED) is 0.271. The number of methoxy groups -OCH3 is 1. The topological polar surface area (TPSA) is 137 Å². The molecule has 4 N–H and O–H groups in total. The SMILES string of the molecule is CC#CC(=O)NC12CCC(c3nc(-c4ccc(C(=O)Nc5cc(C(F)(F)F)ccn5)cc4OC)c4c(N)nccn34)(CC1)C2. The number of amides is 2. The third-order valence-electron chi connectivity index (χ3n) is 8.56. The normalized spacial score (nSPS) is 20.7. The Labute approximate surface area is 250 Å². The lowest BCUT2D eigenvalue weighted by atomic mass is 9.83. The van der Waals surface area contributed by atoms with Crippen LogP contribution in [0.1, 0.15) is 60.8 Å². The maximum atomic E-state index is 13.1. The number of hydrogen-bond donors (Lipinski definition) is 3. The fourth-order valence-electron chi connectivity index (χ4n) is 6.58. The van der Waals surface area contributed by atoms with Gasteiger partial charge in [0.05, 0.1) is 12.7 Å². The molecule has 2 amide bonds. The zero-order valence-corrected chi connectivity index (χ0v) is 23.9. The van der Waals surface area contributed by atoms with Gasteiger partial charge in [0.25, 0.3) is 11.8 Å². The molecule has 2 fully saturated rings. The van der Waals surface area contributed by atoms with E-state index in [1.165, 1.54) is 19.2 Å². The molecule has 4 aromatic rings. The molecule has 0 atom stereocenters. The lowest BCUT2D eigenvalue weighted by molar-refractivity contribution is -0.137. The van der Waals surface area contributed by atoms with E-state index in [4.69, 9.17) is 15.5 Å². The van der Waals surface area contributed by atoms with E-state index in [0.29, 0.717) is 28.9 Å². The molecule has 0 saturated heterocycles. The van der Waals surface area contributed by atoms with Crippen molar-refractivity contribution in [3.8, 4) is 28.8 Å². The molecule has 2 aliphatic rings. The number of imidazole rings is 1. The Hall–Kier alpha value is -5.12. The number of hydrogen-bond acceptors (Lipinski definition) is 7. The summed E-state index contributed by atoms with van der Waals surface area (Å²) < 4.78 is 46.9. The molecule has 0 spiro atoms. The van der Waals surface area contributed by atoms with Gasteiger partial charge in [-0.2, -0.15) is 13.2 Å². The molecule has 2 aliphatic carbocycles. The van der Waals surface area contributed by atoms with Gasteiger partial charge in [-0.1, -0.05) is 5.92 Å². The molecule has 3 aromatic heterocycles. The van der Waals surface area contributed by atoms with E-state index in [1.807, 2.05) is 10.6 Å². The predicted octanol–water partition coefficient (Wildman–Crippen LogP) is 4.75. The van der Waals surface area contributed by atoms with E-state index < -0.39 is 17.6 Å². The summed E-state index contributed by atoms with van der Waals surface area (Å²) in [5, 5.41) is 5.54. The molecule has 2 saturated carbocycles. The molecule has 2 bridgehead atoms. The van der Waals surface area contributed by atoms with Gasteiger partial charge < -0.3 is 21.1 Å². The van der Waals surface area contributed by atoms with Crippen LogP contribution in [0.4, 0.5) is 24.8 Å². The number of nitrogens with two attached hydrogens (primary N) is 1. The second-order valence-corrected chi connectivity index (χ2v) is 11.2. The zero-order chi connectivity index (χ0) is 31.3. The highest BCUT2D eigenvalue weighted by atomic mass is 19.4. The number of anilines is 2. The minimum absolute atomic E-state index is 0.139. The fraction of sp³-hybridized carbons (Fsp3) is 0.323. The first-order valence-corrected chi connectivity index (χ1v) is 13.9. The molecular weight excluding hydrogens is 575 g/mol. The van der Waals surface area contributed by atoms with Crippen molar-refractivity contribution in [1.82, 2.24) is 24.7 Å². The largest absolute Gasteiger partial charge is 0.496 e. The first-order chi connectivity index (χ1) is 21.0. The predicted molar refractivity (Wildman–Crippen MR) is 156 cm³/mol. The van der Waals surface area contributed by atoms with Crippen LogP contribution in [0.2, 0.25) is 0 Å². The van der Waals surface area contributed by atoms with Crippen molar-refractivity contribution in [3.05, 3.63) is 65.9 Å². The smallest absolute Gasteiger partial charge is 0.416 e. The van der Waals surface area contributed by atoms with E-state index in [9.17, 15) is 22.8 Å². The number of benzene rings is 1. The summed E-state index contributed by atoms with van der Waals surface area (Å²) in [5.74, 6) is 5.39. The molecule has 10 nitrogen and oxygen atoms in total. The highest BCUT2D eigenvalue weighted by Crippen LogP contribution is 2.58. The molecule has 1 aromatic carbocycles. The van der Waals surface area contributed by atoms with E-state index in [2.05, 4.69) is 32.4 Å². The van der Waals surface area contributed by atoms with Crippen LogP contribution in [-0.4, -0.2) is 43.8 Å². The first kappa shape index (κ1) is 29.0. The summed E-state index contributed by atoms with van der Waals surface area (Å²) in [6, 6.07) is 6.25. The van der Waals surface area contributed by atoms with E-state index in [0.717, 1.165) is 49.8 Å². The maximum Gasteiger partial charge on any atom is 0.416 e. The third kappa shape index (κ3) is 4.96. The number of nitrogens with one attached hydrogen (secondary N) is 2. The summed E-state index contributed by atoms with van der Waals surface area (Å²) in [6.07, 6.45) is 3.74. The van der Waals surface area contributed by atoms with Crippen molar-refractivity contribution in [3.63, 3.8) is 0 Å². The number of carbonyl (C=O) groups is 2. The second-order valence-electron chi connectivity index (χ2n) is 11.2. The Morgan fingerprint density at radius 3 is 2.57 bits per heavy atom. The highest BCUT2D eigenvalue weighted by Gasteiger charge is 2.57. The monoisotopic (exact) mass is 603 g/mol.